The van der Waals surface area contributed by atoms with Crippen molar-refractivity contribution >= 4 is 17.0 Å². The molecule has 1 aromatic carbocycles. The monoisotopic (exact) mass is 362 g/mol. The number of nitrogens with two attached hydrogens (primary N) is 1. The number of nitrogens with zero attached hydrogens (tertiary/aromatic N) is 6. The maximum absolute atomic E-state index is 5.88. The third-order valence-electron chi connectivity index (χ3n) is 4.31. The predicted molar refractivity (Wildman–Crippen MR) is 104 cm³/mol. The highest BCUT2D eigenvalue weighted by molar-refractivity contribution is 5.76. The minimum atomic E-state index is 0.441. The third kappa shape index (κ3) is 3.95. The summed E-state index contributed by atoms with van der Waals surface area (Å²) in [4.78, 5) is 6.34. The first-order valence-corrected chi connectivity index (χ1v) is 8.76. The Labute approximate surface area is 157 Å². The van der Waals surface area contributed by atoms with Crippen molar-refractivity contribution in [3.63, 3.8) is 0 Å². The van der Waals surface area contributed by atoms with Crippen LogP contribution in [0.25, 0.3) is 11.2 Å². The van der Waals surface area contributed by atoms with Crippen LogP contribution in [0.5, 0.6) is 0 Å². The quantitative estimate of drug-likeness (QED) is 0.543. The minimum absolute atomic E-state index is 0.441. The standard InChI is InChI=1S/C19H22N8/c1-26(2)10-13-4-3-5-14(6-13)11-27-12-15(9-21-27)7-16-8-17(20)22-19-18(16)23-25-24-19/h3-6,8-9,12H,7,10-11H2,1-2H3,(H3,20,22,23,24,25). The fourth-order valence-electron chi connectivity index (χ4n) is 3.24. The Balaban J connectivity index is 1.51. The molecule has 3 aromatic heterocycles. The van der Waals surface area contributed by atoms with Gasteiger partial charge in [-0.15, -0.1) is 5.10 Å². The van der Waals surface area contributed by atoms with Gasteiger partial charge in [-0.3, -0.25) is 4.68 Å². The van der Waals surface area contributed by atoms with E-state index >= 15 is 0 Å². The molecule has 3 heterocycles. The molecule has 138 valence electrons. The van der Waals surface area contributed by atoms with Crippen LogP contribution in [0.2, 0.25) is 0 Å². The summed E-state index contributed by atoms with van der Waals surface area (Å²) in [6.45, 7) is 1.66. The third-order valence-corrected chi connectivity index (χ3v) is 4.31. The molecule has 0 spiro atoms. The van der Waals surface area contributed by atoms with Gasteiger partial charge in [0.05, 0.1) is 12.7 Å². The minimum Gasteiger partial charge on any atom is -0.384 e. The van der Waals surface area contributed by atoms with Gasteiger partial charge in [0.25, 0.3) is 0 Å². The molecule has 0 unspecified atom stereocenters. The number of nitrogens with one attached hydrogen (secondary N) is 1. The summed E-state index contributed by atoms with van der Waals surface area (Å²) in [7, 11) is 4.15. The van der Waals surface area contributed by atoms with Crippen molar-refractivity contribution in [1.82, 2.24) is 35.1 Å². The Bertz CT molecular complexity index is 1060. The van der Waals surface area contributed by atoms with Crippen LogP contribution in [0.1, 0.15) is 22.3 Å². The maximum atomic E-state index is 5.88. The van der Waals surface area contributed by atoms with E-state index in [1.165, 1.54) is 11.1 Å². The second-order valence-corrected chi connectivity index (χ2v) is 6.98. The van der Waals surface area contributed by atoms with Crippen molar-refractivity contribution in [2.24, 2.45) is 0 Å². The Hall–Kier alpha value is -3.26. The highest BCUT2D eigenvalue weighted by Crippen LogP contribution is 2.19. The number of hydrogen-bond donors (Lipinski definition) is 2. The molecule has 8 heteroatoms. The molecular formula is C19H22N8. The predicted octanol–water partition coefficient (Wildman–Crippen LogP) is 1.83. The zero-order valence-electron chi connectivity index (χ0n) is 15.4. The lowest BCUT2D eigenvalue weighted by molar-refractivity contribution is 0.402. The molecule has 4 rings (SSSR count). The average Bonchev–Trinajstić information content (AvgIpc) is 3.24. The SMILES string of the molecule is CN(C)Cc1cccc(Cn2cc(Cc3cc(N)nc4n[nH]nc34)cn2)c1. The van der Waals surface area contributed by atoms with Gasteiger partial charge in [0.1, 0.15) is 11.3 Å². The van der Waals surface area contributed by atoms with Crippen LogP contribution in [0.15, 0.2) is 42.7 Å². The number of aromatic amines is 1. The summed E-state index contributed by atoms with van der Waals surface area (Å²) in [6, 6.07) is 10.4. The summed E-state index contributed by atoms with van der Waals surface area (Å²) >= 11 is 0. The topological polar surface area (TPSA) is 102 Å². The second kappa shape index (κ2) is 7.16. The molecular weight excluding hydrogens is 340 g/mol. The first-order chi connectivity index (χ1) is 13.1. The highest BCUT2D eigenvalue weighted by atomic mass is 15.3. The van der Waals surface area contributed by atoms with Crippen LogP contribution >= 0.6 is 0 Å². The summed E-state index contributed by atoms with van der Waals surface area (Å²) in [5, 5.41) is 15.3. The molecule has 0 saturated heterocycles. The summed E-state index contributed by atoms with van der Waals surface area (Å²) in [5.41, 5.74) is 11.8. The van der Waals surface area contributed by atoms with Crippen LogP contribution in [-0.4, -0.2) is 49.2 Å². The molecule has 0 fully saturated rings. The van der Waals surface area contributed by atoms with Crippen molar-refractivity contribution in [3.05, 3.63) is 65.0 Å². The number of H-pyrrole nitrogens is 1. The zero-order chi connectivity index (χ0) is 18.8. The van der Waals surface area contributed by atoms with Crippen LogP contribution in [0.4, 0.5) is 5.82 Å². The van der Waals surface area contributed by atoms with Crippen molar-refractivity contribution < 1.29 is 0 Å². The number of hydrogen-bond acceptors (Lipinski definition) is 6. The molecule has 0 aliphatic rings. The Kier molecular flexibility index (Phi) is 4.55. The van der Waals surface area contributed by atoms with Crippen LogP contribution in [0, 0.1) is 0 Å². The summed E-state index contributed by atoms with van der Waals surface area (Å²) in [5.74, 6) is 0.441. The second-order valence-electron chi connectivity index (χ2n) is 6.98. The molecule has 27 heavy (non-hydrogen) atoms. The smallest absolute Gasteiger partial charge is 0.203 e. The number of rotatable bonds is 6. The van der Waals surface area contributed by atoms with Gasteiger partial charge >= 0.3 is 0 Å². The van der Waals surface area contributed by atoms with Gasteiger partial charge in [-0.1, -0.05) is 24.3 Å². The fourth-order valence-corrected chi connectivity index (χ4v) is 3.24. The van der Waals surface area contributed by atoms with Gasteiger partial charge in [-0.05, 0) is 42.4 Å². The van der Waals surface area contributed by atoms with E-state index in [-0.39, 0.29) is 0 Å². The average molecular weight is 362 g/mol. The van der Waals surface area contributed by atoms with Crippen molar-refractivity contribution in [1.29, 1.82) is 0 Å². The Morgan fingerprint density at radius 3 is 2.81 bits per heavy atom. The van der Waals surface area contributed by atoms with Crippen molar-refractivity contribution in [2.75, 3.05) is 19.8 Å². The van der Waals surface area contributed by atoms with Crippen LogP contribution in [0.3, 0.4) is 0 Å². The van der Waals surface area contributed by atoms with E-state index in [2.05, 4.69) is 75.0 Å². The Morgan fingerprint density at radius 1 is 1.11 bits per heavy atom. The molecule has 0 bridgehead atoms. The summed E-state index contributed by atoms with van der Waals surface area (Å²) < 4.78 is 1.95. The first-order valence-electron chi connectivity index (χ1n) is 8.76. The van der Waals surface area contributed by atoms with Crippen molar-refractivity contribution in [2.45, 2.75) is 19.5 Å². The lowest BCUT2D eigenvalue weighted by Gasteiger charge is -2.11. The van der Waals surface area contributed by atoms with E-state index in [1.807, 2.05) is 16.9 Å². The highest BCUT2D eigenvalue weighted by Gasteiger charge is 2.10. The van der Waals surface area contributed by atoms with E-state index < -0.39 is 0 Å². The largest absolute Gasteiger partial charge is 0.384 e. The lowest BCUT2D eigenvalue weighted by atomic mass is 10.1. The zero-order valence-corrected chi connectivity index (χ0v) is 15.4. The molecule has 0 aliphatic carbocycles. The normalized spacial score (nSPS) is 11.5. The molecule has 0 radical (unpaired) electrons. The number of benzene rings is 1. The van der Waals surface area contributed by atoms with Gasteiger partial charge in [0, 0.05) is 19.2 Å². The number of nitrogen functional groups attached to an aromatic ring is 1. The molecule has 0 aliphatic heterocycles. The number of aromatic nitrogens is 6. The Morgan fingerprint density at radius 2 is 1.96 bits per heavy atom. The molecule has 4 aromatic rings. The number of anilines is 1. The van der Waals surface area contributed by atoms with Gasteiger partial charge in [-0.2, -0.15) is 15.4 Å². The number of fused-ring (bicyclic) bond motifs is 1. The van der Waals surface area contributed by atoms with Crippen molar-refractivity contribution in [3.8, 4) is 0 Å². The number of pyridine rings is 1. The van der Waals surface area contributed by atoms with E-state index in [4.69, 9.17) is 5.73 Å². The van der Waals surface area contributed by atoms with Crippen LogP contribution in [-0.2, 0) is 19.5 Å². The van der Waals surface area contributed by atoms with Gasteiger partial charge in [0.2, 0.25) is 5.65 Å². The fraction of sp³-hybridized carbons (Fsp3) is 0.263. The van der Waals surface area contributed by atoms with E-state index in [9.17, 15) is 0 Å². The van der Waals surface area contributed by atoms with E-state index in [0.717, 1.165) is 29.7 Å². The molecule has 0 atom stereocenters. The van der Waals surface area contributed by atoms with Crippen LogP contribution < -0.4 is 5.73 Å². The molecule has 8 nitrogen and oxygen atoms in total. The van der Waals surface area contributed by atoms with Gasteiger partial charge in [-0.25, -0.2) is 4.98 Å². The van der Waals surface area contributed by atoms with Gasteiger partial charge in [0.15, 0.2) is 0 Å². The first kappa shape index (κ1) is 17.2. The molecule has 0 amide bonds. The van der Waals surface area contributed by atoms with E-state index in [0.29, 0.717) is 17.9 Å². The van der Waals surface area contributed by atoms with Gasteiger partial charge < -0.3 is 10.6 Å². The summed E-state index contributed by atoms with van der Waals surface area (Å²) in [6.07, 6.45) is 4.61. The molecule has 3 N–H and O–H groups in total. The maximum Gasteiger partial charge on any atom is 0.203 e. The molecule has 0 saturated carbocycles. The lowest BCUT2D eigenvalue weighted by Crippen LogP contribution is -2.11. The van der Waals surface area contributed by atoms with E-state index in [1.54, 1.807) is 0 Å².